The van der Waals surface area contributed by atoms with Crippen molar-refractivity contribution in [1.29, 1.82) is 0 Å². The van der Waals surface area contributed by atoms with Gasteiger partial charge in [-0.25, -0.2) is 0 Å². The first-order chi connectivity index (χ1) is 6.24. The van der Waals surface area contributed by atoms with Crippen molar-refractivity contribution in [1.82, 2.24) is 10.5 Å². The van der Waals surface area contributed by atoms with E-state index >= 15 is 0 Å². The van der Waals surface area contributed by atoms with Crippen molar-refractivity contribution in [2.24, 2.45) is 5.73 Å². The number of hydrogen-bond acceptors (Lipinski definition) is 4. The van der Waals surface area contributed by atoms with E-state index in [-0.39, 0.29) is 0 Å². The van der Waals surface area contributed by atoms with E-state index in [9.17, 15) is 0 Å². The quantitative estimate of drug-likeness (QED) is 0.664. The smallest absolute Gasteiger partial charge is 0.150 e. The summed E-state index contributed by atoms with van der Waals surface area (Å²) in [6.45, 7) is 6.34. The highest BCUT2D eigenvalue weighted by Gasteiger charge is 2.06. The summed E-state index contributed by atoms with van der Waals surface area (Å²) in [5.41, 5.74) is 6.34. The van der Waals surface area contributed by atoms with Crippen LogP contribution in [-0.2, 0) is 6.54 Å². The van der Waals surface area contributed by atoms with E-state index in [0.717, 1.165) is 18.0 Å². The van der Waals surface area contributed by atoms with E-state index in [0.29, 0.717) is 19.0 Å². The topological polar surface area (TPSA) is 64.1 Å². The van der Waals surface area contributed by atoms with Gasteiger partial charge in [0, 0.05) is 19.2 Å². The van der Waals surface area contributed by atoms with Crippen molar-refractivity contribution in [3.8, 4) is 0 Å². The predicted octanol–water partition coefficient (Wildman–Crippen LogP) is 0.846. The summed E-state index contributed by atoms with van der Waals surface area (Å²) < 4.78 is 5.12. The molecule has 0 aliphatic carbocycles. The van der Waals surface area contributed by atoms with Crippen LogP contribution in [0.15, 0.2) is 10.6 Å². The van der Waals surface area contributed by atoms with E-state index in [1.807, 2.05) is 6.07 Å². The monoisotopic (exact) mass is 183 g/mol. The maximum absolute atomic E-state index is 5.34. The van der Waals surface area contributed by atoms with Gasteiger partial charge in [-0.3, -0.25) is 0 Å². The highest BCUT2D eigenvalue weighted by molar-refractivity contribution is 5.08. The Hall–Kier alpha value is -0.870. The molecule has 0 amide bonds. The van der Waals surface area contributed by atoms with E-state index in [2.05, 4.69) is 24.3 Å². The number of rotatable bonds is 5. The molecule has 0 atom stereocenters. The first-order valence-corrected chi connectivity index (χ1v) is 4.60. The average molecular weight is 183 g/mol. The molecule has 1 aromatic rings. The van der Waals surface area contributed by atoms with Crippen molar-refractivity contribution in [2.75, 3.05) is 13.1 Å². The lowest BCUT2D eigenvalue weighted by atomic mass is 10.1. The van der Waals surface area contributed by atoms with Gasteiger partial charge in [-0.15, -0.1) is 0 Å². The highest BCUT2D eigenvalue weighted by Crippen LogP contribution is 2.13. The Morgan fingerprint density at radius 2 is 2.38 bits per heavy atom. The van der Waals surface area contributed by atoms with Gasteiger partial charge in [0.15, 0.2) is 5.76 Å². The Morgan fingerprint density at radius 3 is 2.92 bits per heavy atom. The molecule has 0 bridgehead atoms. The minimum atomic E-state index is 0.423. The third-order valence-corrected chi connectivity index (χ3v) is 1.79. The Bertz CT molecular complexity index is 245. The highest BCUT2D eigenvalue weighted by atomic mass is 16.5. The number of hydrogen-bond donors (Lipinski definition) is 2. The van der Waals surface area contributed by atoms with Crippen LogP contribution in [0.3, 0.4) is 0 Å². The third-order valence-electron chi connectivity index (χ3n) is 1.79. The Labute approximate surface area is 78.5 Å². The zero-order valence-corrected chi connectivity index (χ0v) is 8.21. The van der Waals surface area contributed by atoms with Crippen LogP contribution in [0, 0.1) is 0 Å². The summed E-state index contributed by atoms with van der Waals surface area (Å²) in [4.78, 5) is 0. The lowest BCUT2D eigenvalue weighted by Gasteiger charge is -1.97. The van der Waals surface area contributed by atoms with Gasteiger partial charge in [0.05, 0.1) is 12.2 Å². The van der Waals surface area contributed by atoms with E-state index in [1.54, 1.807) is 0 Å². The van der Waals surface area contributed by atoms with Gasteiger partial charge >= 0.3 is 0 Å². The van der Waals surface area contributed by atoms with Gasteiger partial charge in [0.2, 0.25) is 0 Å². The normalized spacial score (nSPS) is 11.1. The minimum absolute atomic E-state index is 0.423. The van der Waals surface area contributed by atoms with Gasteiger partial charge in [0.1, 0.15) is 0 Å². The lowest BCUT2D eigenvalue weighted by molar-refractivity contribution is 0.366. The van der Waals surface area contributed by atoms with Crippen LogP contribution < -0.4 is 11.1 Å². The molecule has 0 unspecified atom stereocenters. The SMILES string of the molecule is CC(C)c1cc(CNCCN)on1. The number of aromatic nitrogens is 1. The molecule has 1 rings (SSSR count). The molecule has 0 aromatic carbocycles. The van der Waals surface area contributed by atoms with Crippen LogP contribution in [0.5, 0.6) is 0 Å². The zero-order chi connectivity index (χ0) is 9.68. The van der Waals surface area contributed by atoms with Crippen molar-refractivity contribution >= 4 is 0 Å². The molecule has 0 spiro atoms. The van der Waals surface area contributed by atoms with Gasteiger partial charge < -0.3 is 15.6 Å². The predicted molar refractivity (Wildman–Crippen MR) is 51.4 cm³/mol. The van der Waals surface area contributed by atoms with Gasteiger partial charge in [-0.2, -0.15) is 0 Å². The molecule has 0 radical (unpaired) electrons. The van der Waals surface area contributed by atoms with E-state index in [4.69, 9.17) is 10.3 Å². The standard InChI is InChI=1S/C9H17N3O/c1-7(2)9-5-8(13-12-9)6-11-4-3-10/h5,7,11H,3-4,6,10H2,1-2H3. The molecule has 0 aliphatic rings. The largest absolute Gasteiger partial charge is 0.360 e. The van der Waals surface area contributed by atoms with Crippen molar-refractivity contribution in [2.45, 2.75) is 26.3 Å². The molecule has 4 nitrogen and oxygen atoms in total. The van der Waals surface area contributed by atoms with Crippen LogP contribution in [0.2, 0.25) is 0 Å². The second-order valence-corrected chi connectivity index (χ2v) is 3.34. The van der Waals surface area contributed by atoms with Crippen molar-refractivity contribution in [3.63, 3.8) is 0 Å². The number of nitrogens with one attached hydrogen (secondary N) is 1. The van der Waals surface area contributed by atoms with Crippen LogP contribution >= 0.6 is 0 Å². The fourth-order valence-electron chi connectivity index (χ4n) is 0.998. The second kappa shape index (κ2) is 4.99. The molecular weight excluding hydrogens is 166 g/mol. The van der Waals surface area contributed by atoms with Gasteiger partial charge in [-0.05, 0) is 5.92 Å². The Morgan fingerprint density at radius 1 is 1.62 bits per heavy atom. The summed E-state index contributed by atoms with van der Waals surface area (Å²) in [6.07, 6.45) is 0. The molecule has 13 heavy (non-hydrogen) atoms. The summed E-state index contributed by atoms with van der Waals surface area (Å²) in [5, 5.41) is 7.09. The van der Waals surface area contributed by atoms with Crippen LogP contribution in [0.25, 0.3) is 0 Å². The summed E-state index contributed by atoms with van der Waals surface area (Å²) in [5.74, 6) is 1.30. The maximum Gasteiger partial charge on any atom is 0.150 e. The van der Waals surface area contributed by atoms with Crippen molar-refractivity contribution < 1.29 is 4.52 Å². The van der Waals surface area contributed by atoms with E-state index in [1.165, 1.54) is 0 Å². The molecule has 0 aliphatic heterocycles. The Kier molecular flexibility index (Phi) is 3.92. The van der Waals surface area contributed by atoms with Gasteiger partial charge in [0.25, 0.3) is 0 Å². The molecular formula is C9H17N3O. The maximum atomic E-state index is 5.34. The third kappa shape index (κ3) is 3.16. The first kappa shape index (κ1) is 10.2. The van der Waals surface area contributed by atoms with Crippen LogP contribution in [-0.4, -0.2) is 18.2 Å². The van der Waals surface area contributed by atoms with Crippen molar-refractivity contribution in [3.05, 3.63) is 17.5 Å². The summed E-state index contributed by atoms with van der Waals surface area (Å²) in [6, 6.07) is 1.98. The fourth-order valence-corrected chi connectivity index (χ4v) is 0.998. The zero-order valence-electron chi connectivity index (χ0n) is 8.21. The first-order valence-electron chi connectivity index (χ1n) is 4.60. The van der Waals surface area contributed by atoms with E-state index < -0.39 is 0 Å². The fraction of sp³-hybridized carbons (Fsp3) is 0.667. The number of nitrogens with zero attached hydrogens (tertiary/aromatic N) is 1. The molecule has 0 saturated carbocycles. The molecule has 0 fully saturated rings. The molecule has 1 aromatic heterocycles. The molecule has 4 heteroatoms. The van der Waals surface area contributed by atoms with Crippen LogP contribution in [0.4, 0.5) is 0 Å². The molecule has 1 heterocycles. The molecule has 74 valence electrons. The van der Waals surface area contributed by atoms with Gasteiger partial charge in [-0.1, -0.05) is 19.0 Å². The second-order valence-electron chi connectivity index (χ2n) is 3.34. The lowest BCUT2D eigenvalue weighted by Crippen LogP contribution is -2.21. The molecule has 3 N–H and O–H groups in total. The average Bonchev–Trinajstić information content (AvgIpc) is 2.53. The Balaban J connectivity index is 2.40. The summed E-state index contributed by atoms with van der Waals surface area (Å²) in [7, 11) is 0. The minimum Gasteiger partial charge on any atom is -0.360 e. The summed E-state index contributed by atoms with van der Waals surface area (Å²) >= 11 is 0. The number of nitrogens with two attached hydrogens (primary N) is 1. The molecule has 0 saturated heterocycles. The van der Waals surface area contributed by atoms with Crippen LogP contribution in [0.1, 0.15) is 31.2 Å².